The fourth-order valence-electron chi connectivity index (χ4n) is 2.31. The molecule has 2 rings (SSSR count). The Balaban J connectivity index is 2.12. The Morgan fingerprint density at radius 3 is 2.58 bits per heavy atom. The molecule has 1 heterocycles. The molecule has 0 aromatic heterocycles. The van der Waals surface area contributed by atoms with Crippen molar-refractivity contribution in [2.75, 3.05) is 19.3 Å². The fraction of sp³-hybridized carbons (Fsp3) is 0.467. The van der Waals surface area contributed by atoms with E-state index in [-0.39, 0.29) is 11.3 Å². The first kappa shape index (κ1) is 14.0. The summed E-state index contributed by atoms with van der Waals surface area (Å²) in [5.41, 5.74) is 0.506. The number of nitrogens with zero attached hydrogens (tertiary/aromatic N) is 2. The number of likely N-dealkylation sites (tertiary alicyclic amines) is 1. The first-order valence-electron chi connectivity index (χ1n) is 6.43. The van der Waals surface area contributed by atoms with Gasteiger partial charge in [0.05, 0.1) is 17.0 Å². The number of hydrogen-bond acceptors (Lipinski definition) is 3. The second kappa shape index (κ2) is 5.66. The third-order valence-corrected chi connectivity index (χ3v) is 4.56. The zero-order valence-corrected chi connectivity index (χ0v) is 12.2. The van der Waals surface area contributed by atoms with Gasteiger partial charge in [-0.3, -0.25) is 4.79 Å². The molecule has 1 saturated heterocycles. The summed E-state index contributed by atoms with van der Waals surface area (Å²) in [7, 11) is 0. The molecule has 0 atom stereocenters. The summed E-state index contributed by atoms with van der Waals surface area (Å²) >= 11 is 1.59. The van der Waals surface area contributed by atoms with Gasteiger partial charge in [0.25, 0.3) is 5.91 Å². The second-order valence-electron chi connectivity index (χ2n) is 5.16. The van der Waals surface area contributed by atoms with E-state index in [0.29, 0.717) is 13.1 Å². The first-order chi connectivity index (χ1) is 9.09. The third kappa shape index (κ3) is 2.93. The molecule has 0 radical (unpaired) electrons. The Hall–Kier alpha value is -1.47. The van der Waals surface area contributed by atoms with Crippen LogP contribution in [0.3, 0.4) is 0 Å². The van der Waals surface area contributed by atoms with Gasteiger partial charge in [-0.1, -0.05) is 12.1 Å². The minimum absolute atomic E-state index is 0.0879. The molecule has 0 spiro atoms. The minimum Gasteiger partial charge on any atom is -0.339 e. The van der Waals surface area contributed by atoms with Crippen LogP contribution in [0.4, 0.5) is 0 Å². The molecule has 0 aliphatic carbocycles. The number of carbonyl (C=O) groups excluding carboxylic acids is 1. The molecule has 0 bridgehead atoms. The topological polar surface area (TPSA) is 44.1 Å². The van der Waals surface area contributed by atoms with Gasteiger partial charge in [0.1, 0.15) is 0 Å². The summed E-state index contributed by atoms with van der Waals surface area (Å²) in [6, 6.07) is 10.1. The van der Waals surface area contributed by atoms with Crippen LogP contribution in [-0.2, 0) is 0 Å². The van der Waals surface area contributed by atoms with Gasteiger partial charge >= 0.3 is 0 Å². The quantitative estimate of drug-likeness (QED) is 0.778. The van der Waals surface area contributed by atoms with Crippen LogP contribution >= 0.6 is 11.8 Å². The first-order valence-corrected chi connectivity index (χ1v) is 7.66. The van der Waals surface area contributed by atoms with E-state index in [2.05, 4.69) is 6.07 Å². The number of rotatable bonds is 2. The summed E-state index contributed by atoms with van der Waals surface area (Å²) in [4.78, 5) is 15.4. The van der Waals surface area contributed by atoms with Crippen molar-refractivity contribution in [1.29, 1.82) is 5.26 Å². The van der Waals surface area contributed by atoms with Crippen molar-refractivity contribution >= 4 is 17.7 Å². The molecule has 1 amide bonds. The highest BCUT2D eigenvalue weighted by molar-refractivity contribution is 7.98. The van der Waals surface area contributed by atoms with Crippen molar-refractivity contribution in [2.45, 2.75) is 24.7 Å². The summed E-state index contributed by atoms with van der Waals surface area (Å²) in [5, 5.41) is 9.12. The summed E-state index contributed by atoms with van der Waals surface area (Å²) < 4.78 is 0. The highest BCUT2D eigenvalue weighted by atomic mass is 32.2. The largest absolute Gasteiger partial charge is 0.339 e. The van der Waals surface area contributed by atoms with E-state index < -0.39 is 0 Å². The number of nitriles is 1. The Labute approximate surface area is 118 Å². The Kier molecular flexibility index (Phi) is 4.16. The standard InChI is InChI=1S/C15H18N2OS/c1-15(11-16)7-9-17(10-8-15)14(18)12-5-3-4-6-13(12)19-2/h3-6H,7-10H2,1-2H3. The van der Waals surface area contributed by atoms with Crippen LogP contribution in [0.1, 0.15) is 30.1 Å². The van der Waals surface area contributed by atoms with Gasteiger partial charge < -0.3 is 4.90 Å². The van der Waals surface area contributed by atoms with Crippen molar-refractivity contribution in [3.8, 4) is 6.07 Å². The smallest absolute Gasteiger partial charge is 0.254 e. The van der Waals surface area contributed by atoms with Gasteiger partial charge in [0.2, 0.25) is 0 Å². The van der Waals surface area contributed by atoms with Gasteiger partial charge in [-0.2, -0.15) is 5.26 Å². The third-order valence-electron chi connectivity index (χ3n) is 3.76. The molecule has 19 heavy (non-hydrogen) atoms. The average molecular weight is 274 g/mol. The highest BCUT2D eigenvalue weighted by Crippen LogP contribution is 2.31. The zero-order chi connectivity index (χ0) is 13.9. The molecule has 1 fully saturated rings. The number of amides is 1. The lowest BCUT2D eigenvalue weighted by Gasteiger charge is -2.35. The van der Waals surface area contributed by atoms with Crippen molar-refractivity contribution in [1.82, 2.24) is 4.90 Å². The molecule has 0 unspecified atom stereocenters. The maximum atomic E-state index is 12.5. The van der Waals surface area contributed by atoms with E-state index in [1.165, 1.54) is 0 Å². The van der Waals surface area contributed by atoms with Gasteiger partial charge in [-0.25, -0.2) is 0 Å². The molecule has 0 N–H and O–H groups in total. The Morgan fingerprint density at radius 1 is 1.37 bits per heavy atom. The van der Waals surface area contributed by atoms with Crippen molar-refractivity contribution in [2.24, 2.45) is 5.41 Å². The number of hydrogen-bond donors (Lipinski definition) is 0. The summed E-state index contributed by atoms with van der Waals surface area (Å²) in [6.45, 7) is 3.32. The minimum atomic E-state index is -0.268. The van der Waals surface area contributed by atoms with Crippen LogP contribution in [0.15, 0.2) is 29.2 Å². The van der Waals surface area contributed by atoms with Gasteiger partial charge in [0.15, 0.2) is 0 Å². The molecule has 0 saturated carbocycles. The number of thioether (sulfide) groups is 1. The molecular weight excluding hydrogens is 256 g/mol. The van der Waals surface area contributed by atoms with E-state index in [1.807, 2.05) is 42.3 Å². The van der Waals surface area contributed by atoms with E-state index in [0.717, 1.165) is 23.3 Å². The summed E-state index contributed by atoms with van der Waals surface area (Å²) in [5.74, 6) is 0.0879. The molecule has 1 aliphatic heterocycles. The SMILES string of the molecule is CSc1ccccc1C(=O)N1CCC(C)(C#N)CC1. The zero-order valence-electron chi connectivity index (χ0n) is 11.3. The monoisotopic (exact) mass is 274 g/mol. The van der Waals surface area contributed by atoms with E-state index in [1.54, 1.807) is 11.8 Å². The van der Waals surface area contributed by atoms with Crippen molar-refractivity contribution in [3.63, 3.8) is 0 Å². The molecular formula is C15H18N2OS. The van der Waals surface area contributed by atoms with Crippen LogP contribution in [-0.4, -0.2) is 30.2 Å². The van der Waals surface area contributed by atoms with E-state index in [9.17, 15) is 4.79 Å². The van der Waals surface area contributed by atoms with Crippen LogP contribution in [0.2, 0.25) is 0 Å². The lowest BCUT2D eigenvalue weighted by molar-refractivity contribution is 0.0658. The highest BCUT2D eigenvalue weighted by Gasteiger charge is 2.32. The molecule has 1 aliphatic rings. The van der Waals surface area contributed by atoms with Gasteiger partial charge in [-0.05, 0) is 38.2 Å². The average Bonchev–Trinajstić information content (AvgIpc) is 2.47. The van der Waals surface area contributed by atoms with E-state index >= 15 is 0 Å². The van der Waals surface area contributed by atoms with Crippen LogP contribution < -0.4 is 0 Å². The molecule has 3 nitrogen and oxygen atoms in total. The predicted molar refractivity (Wildman–Crippen MR) is 77.1 cm³/mol. The predicted octanol–water partition coefficient (Wildman–Crippen LogP) is 3.17. The maximum absolute atomic E-state index is 12.5. The maximum Gasteiger partial charge on any atom is 0.254 e. The molecule has 100 valence electrons. The number of carbonyl (C=O) groups is 1. The fourth-order valence-corrected chi connectivity index (χ4v) is 2.90. The normalized spacial score (nSPS) is 17.8. The van der Waals surface area contributed by atoms with Crippen molar-refractivity contribution in [3.05, 3.63) is 29.8 Å². The number of benzene rings is 1. The van der Waals surface area contributed by atoms with Crippen LogP contribution in [0.25, 0.3) is 0 Å². The summed E-state index contributed by atoms with van der Waals surface area (Å²) in [6.07, 6.45) is 3.50. The second-order valence-corrected chi connectivity index (χ2v) is 6.01. The molecule has 1 aromatic rings. The van der Waals surface area contributed by atoms with Crippen molar-refractivity contribution < 1.29 is 4.79 Å². The molecule has 4 heteroatoms. The molecule has 1 aromatic carbocycles. The van der Waals surface area contributed by atoms with Crippen LogP contribution in [0.5, 0.6) is 0 Å². The Bertz CT molecular complexity index is 513. The van der Waals surface area contributed by atoms with E-state index in [4.69, 9.17) is 5.26 Å². The van der Waals surface area contributed by atoms with Gasteiger partial charge in [-0.15, -0.1) is 11.8 Å². The van der Waals surface area contributed by atoms with Crippen LogP contribution in [0, 0.1) is 16.7 Å². The lowest BCUT2D eigenvalue weighted by Crippen LogP contribution is -2.41. The Morgan fingerprint density at radius 2 is 2.00 bits per heavy atom. The lowest BCUT2D eigenvalue weighted by atomic mass is 9.82. The van der Waals surface area contributed by atoms with Gasteiger partial charge in [0, 0.05) is 18.0 Å². The number of piperidine rings is 1.